The smallest absolute Gasteiger partial charge is 0.226 e. The standard InChI is InChI=1S/C22H26N2O4/c1-4-24-20(25)13-17(22(26)23-14-15-8-6-5-7-9-15)21(24)16-10-11-18(27-2)19(12-16)28-3/h5-12,17,21H,4,13-14H2,1-3H3,(H,23,26)/t17-,21+/m1/s1. The predicted molar refractivity (Wildman–Crippen MR) is 106 cm³/mol. The molecule has 1 N–H and O–H groups in total. The Balaban J connectivity index is 1.85. The molecule has 1 aliphatic rings. The summed E-state index contributed by atoms with van der Waals surface area (Å²) in [6.45, 7) is 2.91. The van der Waals surface area contributed by atoms with Crippen molar-refractivity contribution in [2.45, 2.75) is 25.9 Å². The first kappa shape index (κ1) is 19.7. The number of methoxy groups -OCH3 is 2. The molecule has 148 valence electrons. The van der Waals surface area contributed by atoms with Crippen molar-refractivity contribution in [1.82, 2.24) is 10.2 Å². The fourth-order valence-electron chi connectivity index (χ4n) is 3.76. The van der Waals surface area contributed by atoms with Gasteiger partial charge in [-0.25, -0.2) is 0 Å². The first-order valence-corrected chi connectivity index (χ1v) is 9.42. The number of benzene rings is 2. The van der Waals surface area contributed by atoms with Crippen molar-refractivity contribution in [2.75, 3.05) is 20.8 Å². The van der Waals surface area contributed by atoms with Crippen molar-refractivity contribution >= 4 is 11.8 Å². The number of carbonyl (C=O) groups is 2. The summed E-state index contributed by atoms with van der Waals surface area (Å²) in [7, 11) is 3.15. The minimum atomic E-state index is -0.450. The number of rotatable bonds is 7. The zero-order chi connectivity index (χ0) is 20.1. The molecule has 0 bridgehead atoms. The van der Waals surface area contributed by atoms with Gasteiger partial charge in [-0.2, -0.15) is 0 Å². The summed E-state index contributed by atoms with van der Waals surface area (Å²) < 4.78 is 10.7. The Kier molecular flexibility index (Phi) is 6.19. The SMILES string of the molecule is CCN1C(=O)C[C@@H](C(=O)NCc2ccccc2)[C@@H]1c1ccc(OC)c(OC)c1. The molecule has 0 aromatic heterocycles. The molecule has 0 radical (unpaired) electrons. The van der Waals surface area contributed by atoms with Crippen LogP contribution in [0.3, 0.4) is 0 Å². The first-order chi connectivity index (χ1) is 13.6. The molecule has 1 aliphatic heterocycles. The average molecular weight is 382 g/mol. The highest BCUT2D eigenvalue weighted by Crippen LogP contribution is 2.41. The molecule has 2 atom stereocenters. The van der Waals surface area contributed by atoms with Crippen molar-refractivity contribution in [1.29, 1.82) is 0 Å². The monoisotopic (exact) mass is 382 g/mol. The molecular formula is C22H26N2O4. The van der Waals surface area contributed by atoms with Crippen LogP contribution < -0.4 is 14.8 Å². The van der Waals surface area contributed by atoms with Crippen LogP contribution in [0.15, 0.2) is 48.5 Å². The fraction of sp³-hybridized carbons (Fsp3) is 0.364. The Bertz CT molecular complexity index is 838. The van der Waals surface area contributed by atoms with Crippen molar-refractivity contribution < 1.29 is 19.1 Å². The molecule has 0 saturated carbocycles. The van der Waals surface area contributed by atoms with Crippen molar-refractivity contribution in [3.05, 3.63) is 59.7 Å². The van der Waals surface area contributed by atoms with Gasteiger partial charge in [-0.05, 0) is 30.2 Å². The molecule has 6 heteroatoms. The van der Waals surface area contributed by atoms with E-state index in [0.29, 0.717) is 24.6 Å². The summed E-state index contributed by atoms with van der Waals surface area (Å²) in [5.74, 6) is 0.617. The predicted octanol–water partition coefficient (Wildman–Crippen LogP) is 2.93. The van der Waals surface area contributed by atoms with Crippen LogP contribution in [0.2, 0.25) is 0 Å². The molecule has 1 heterocycles. The van der Waals surface area contributed by atoms with E-state index < -0.39 is 5.92 Å². The molecule has 6 nitrogen and oxygen atoms in total. The van der Waals surface area contributed by atoms with Gasteiger partial charge in [-0.15, -0.1) is 0 Å². The number of nitrogens with zero attached hydrogens (tertiary/aromatic N) is 1. The number of hydrogen-bond acceptors (Lipinski definition) is 4. The van der Waals surface area contributed by atoms with Crippen molar-refractivity contribution in [2.24, 2.45) is 5.92 Å². The normalized spacial score (nSPS) is 18.8. The zero-order valence-corrected chi connectivity index (χ0v) is 16.5. The van der Waals surface area contributed by atoms with E-state index in [1.54, 1.807) is 19.1 Å². The highest BCUT2D eigenvalue weighted by atomic mass is 16.5. The van der Waals surface area contributed by atoms with Gasteiger partial charge in [0.1, 0.15) is 0 Å². The van der Waals surface area contributed by atoms with Crippen LogP contribution in [0.4, 0.5) is 0 Å². The Morgan fingerprint density at radius 1 is 1.11 bits per heavy atom. The fourth-order valence-corrected chi connectivity index (χ4v) is 3.76. The number of ether oxygens (including phenoxy) is 2. The summed E-state index contributed by atoms with van der Waals surface area (Å²) in [5, 5.41) is 2.98. The van der Waals surface area contributed by atoms with Gasteiger partial charge in [0.2, 0.25) is 11.8 Å². The van der Waals surface area contributed by atoms with E-state index in [9.17, 15) is 9.59 Å². The van der Waals surface area contributed by atoms with Gasteiger partial charge in [0.15, 0.2) is 11.5 Å². The second-order valence-corrected chi connectivity index (χ2v) is 6.75. The first-order valence-electron chi connectivity index (χ1n) is 9.42. The number of hydrogen-bond donors (Lipinski definition) is 1. The van der Waals surface area contributed by atoms with Gasteiger partial charge in [0.05, 0.1) is 26.2 Å². The Labute approximate surface area is 165 Å². The van der Waals surface area contributed by atoms with Crippen LogP contribution >= 0.6 is 0 Å². The van der Waals surface area contributed by atoms with Crippen LogP contribution in [0.5, 0.6) is 11.5 Å². The van der Waals surface area contributed by atoms with E-state index in [-0.39, 0.29) is 24.3 Å². The quantitative estimate of drug-likeness (QED) is 0.800. The highest BCUT2D eigenvalue weighted by molar-refractivity contribution is 5.90. The lowest BCUT2D eigenvalue weighted by atomic mass is 9.92. The van der Waals surface area contributed by atoms with Crippen LogP contribution in [0.25, 0.3) is 0 Å². The topological polar surface area (TPSA) is 67.9 Å². The average Bonchev–Trinajstić information content (AvgIpc) is 3.08. The maximum absolute atomic E-state index is 12.9. The molecule has 2 aromatic rings. The van der Waals surface area contributed by atoms with Crippen molar-refractivity contribution in [3.8, 4) is 11.5 Å². The number of likely N-dealkylation sites (tertiary alicyclic amines) is 1. The Morgan fingerprint density at radius 2 is 1.82 bits per heavy atom. The maximum Gasteiger partial charge on any atom is 0.226 e. The summed E-state index contributed by atoms with van der Waals surface area (Å²) in [4.78, 5) is 27.2. The molecule has 1 fully saturated rings. The molecule has 28 heavy (non-hydrogen) atoms. The van der Waals surface area contributed by atoms with E-state index >= 15 is 0 Å². The van der Waals surface area contributed by atoms with Gasteiger partial charge in [-0.1, -0.05) is 36.4 Å². The lowest BCUT2D eigenvalue weighted by Crippen LogP contribution is -2.35. The second-order valence-electron chi connectivity index (χ2n) is 6.75. The summed E-state index contributed by atoms with van der Waals surface area (Å²) in [6.07, 6.45) is 0.202. The molecule has 0 spiro atoms. The molecule has 1 saturated heterocycles. The summed E-state index contributed by atoms with van der Waals surface area (Å²) in [5.41, 5.74) is 1.89. The van der Waals surface area contributed by atoms with Gasteiger partial charge in [0.25, 0.3) is 0 Å². The molecular weight excluding hydrogens is 356 g/mol. The van der Waals surface area contributed by atoms with Gasteiger partial charge in [0, 0.05) is 19.5 Å². The number of amides is 2. The third-order valence-electron chi connectivity index (χ3n) is 5.17. The van der Waals surface area contributed by atoms with E-state index in [1.165, 1.54) is 0 Å². The highest BCUT2D eigenvalue weighted by Gasteiger charge is 2.43. The third-order valence-corrected chi connectivity index (χ3v) is 5.17. The van der Waals surface area contributed by atoms with E-state index in [2.05, 4.69) is 5.32 Å². The molecule has 2 aromatic carbocycles. The van der Waals surface area contributed by atoms with Gasteiger partial charge in [-0.3, -0.25) is 9.59 Å². The van der Waals surface area contributed by atoms with Crippen LogP contribution in [0.1, 0.15) is 30.5 Å². The van der Waals surface area contributed by atoms with E-state index in [1.807, 2.05) is 55.5 Å². The molecule has 0 aliphatic carbocycles. The lowest BCUT2D eigenvalue weighted by molar-refractivity contribution is -0.129. The maximum atomic E-state index is 12.9. The Morgan fingerprint density at radius 3 is 2.46 bits per heavy atom. The van der Waals surface area contributed by atoms with Crippen molar-refractivity contribution in [3.63, 3.8) is 0 Å². The minimum Gasteiger partial charge on any atom is -0.493 e. The van der Waals surface area contributed by atoms with Crippen LogP contribution in [-0.2, 0) is 16.1 Å². The number of carbonyl (C=O) groups excluding carboxylic acids is 2. The molecule has 0 unspecified atom stereocenters. The Hall–Kier alpha value is -3.02. The molecule has 3 rings (SSSR count). The zero-order valence-electron chi connectivity index (χ0n) is 16.5. The second kappa shape index (κ2) is 8.78. The third kappa shape index (κ3) is 3.96. The largest absolute Gasteiger partial charge is 0.493 e. The van der Waals surface area contributed by atoms with Crippen LogP contribution in [-0.4, -0.2) is 37.5 Å². The van der Waals surface area contributed by atoms with Crippen LogP contribution in [0, 0.1) is 5.92 Å². The van der Waals surface area contributed by atoms with E-state index in [0.717, 1.165) is 11.1 Å². The lowest BCUT2D eigenvalue weighted by Gasteiger charge is -2.28. The number of nitrogens with one attached hydrogen (secondary N) is 1. The summed E-state index contributed by atoms with van der Waals surface area (Å²) in [6, 6.07) is 15.0. The molecule has 2 amide bonds. The van der Waals surface area contributed by atoms with E-state index in [4.69, 9.17) is 9.47 Å². The van der Waals surface area contributed by atoms with Gasteiger partial charge >= 0.3 is 0 Å². The summed E-state index contributed by atoms with van der Waals surface area (Å²) >= 11 is 0. The minimum absolute atomic E-state index is 0.0119. The van der Waals surface area contributed by atoms with Gasteiger partial charge < -0.3 is 19.7 Å².